The zero-order chi connectivity index (χ0) is 41.4. The molecule has 1 saturated heterocycles. The molecule has 1 unspecified atom stereocenters. The molecule has 0 aromatic rings. The Bertz CT molecular complexity index is 939. The quantitative estimate of drug-likeness (QED) is 0.0237. The zero-order valence-electron chi connectivity index (χ0n) is 35.8. The van der Waals surface area contributed by atoms with E-state index < -0.39 is 74.2 Å². The summed E-state index contributed by atoms with van der Waals surface area (Å²) < 4.78 is 11.1. The minimum absolute atomic E-state index is 0.260. The topological polar surface area (TPSA) is 189 Å². The first-order chi connectivity index (χ1) is 27.1. The molecule has 1 fully saturated rings. The Morgan fingerprint density at radius 2 is 1.14 bits per heavy atom. The molecule has 1 aliphatic heterocycles. The molecule has 56 heavy (non-hydrogen) atoms. The third kappa shape index (κ3) is 24.7. The van der Waals surface area contributed by atoms with Gasteiger partial charge in [0.25, 0.3) is 0 Å². The van der Waals surface area contributed by atoms with E-state index in [1.165, 1.54) is 109 Å². The average Bonchev–Trinajstić information content (AvgIpc) is 3.20. The standard InChI is InChI=1S/C45H87NO10/c1-4-6-7-8-9-10-11-12-13-14-15-16-17-18-19-22-26-29-32-38(49)44(54)46-36(34-55-45-43(53)42(52)41(51)39(33-47)56-45)40(50)37(48)31-28-25-23-20-21-24-27-30-35(3)5-2/h10-11,35-43,45,47-53H,4-9,12-34H2,1-3H3,(H,46,54)/b11-10-/t35?,36-,37+,38+,39+,40-,41+,42-,43+,45+/m0/s1. The molecule has 1 amide bonds. The smallest absolute Gasteiger partial charge is 0.249 e. The summed E-state index contributed by atoms with van der Waals surface area (Å²) in [5, 5.41) is 75.6. The Morgan fingerprint density at radius 3 is 1.66 bits per heavy atom. The number of rotatable bonds is 37. The normalized spacial score (nSPS) is 22.9. The maximum Gasteiger partial charge on any atom is 0.249 e. The van der Waals surface area contributed by atoms with Gasteiger partial charge >= 0.3 is 0 Å². The molecule has 1 heterocycles. The molecule has 10 atom stereocenters. The largest absolute Gasteiger partial charge is 0.394 e. The van der Waals surface area contributed by atoms with Crippen molar-refractivity contribution in [1.29, 1.82) is 0 Å². The van der Waals surface area contributed by atoms with Crippen molar-refractivity contribution in [3.8, 4) is 0 Å². The number of allylic oxidation sites excluding steroid dienone is 2. The second-order valence-electron chi connectivity index (χ2n) is 16.7. The molecule has 0 radical (unpaired) electrons. The average molecular weight is 802 g/mol. The van der Waals surface area contributed by atoms with Crippen LogP contribution >= 0.6 is 0 Å². The second kappa shape index (κ2) is 34.7. The molecular formula is C45H87NO10. The fraction of sp³-hybridized carbons (Fsp3) is 0.933. The van der Waals surface area contributed by atoms with Gasteiger partial charge in [0.15, 0.2) is 6.29 Å². The van der Waals surface area contributed by atoms with Gasteiger partial charge < -0.3 is 50.5 Å². The summed E-state index contributed by atoms with van der Waals surface area (Å²) in [7, 11) is 0. The second-order valence-corrected chi connectivity index (χ2v) is 16.7. The summed E-state index contributed by atoms with van der Waals surface area (Å²) in [5.74, 6) is 0.0778. The fourth-order valence-corrected chi connectivity index (χ4v) is 7.35. The molecule has 0 aromatic carbocycles. The molecule has 0 aromatic heterocycles. The van der Waals surface area contributed by atoms with Gasteiger partial charge in [0.2, 0.25) is 5.91 Å². The number of amides is 1. The first-order valence-corrected chi connectivity index (χ1v) is 23.0. The number of nitrogens with one attached hydrogen (secondary N) is 1. The van der Waals surface area contributed by atoms with Crippen LogP contribution in [0.4, 0.5) is 0 Å². The molecule has 1 aliphatic rings. The molecule has 0 saturated carbocycles. The van der Waals surface area contributed by atoms with Gasteiger partial charge in [-0.15, -0.1) is 0 Å². The number of unbranched alkanes of at least 4 members (excludes halogenated alkanes) is 20. The number of hydrogen-bond acceptors (Lipinski definition) is 10. The van der Waals surface area contributed by atoms with Crippen LogP contribution in [-0.4, -0.2) is 110 Å². The Morgan fingerprint density at radius 1 is 0.661 bits per heavy atom. The maximum absolute atomic E-state index is 13.1. The van der Waals surface area contributed by atoms with Crippen LogP contribution in [0, 0.1) is 5.92 Å². The van der Waals surface area contributed by atoms with Crippen molar-refractivity contribution in [3.63, 3.8) is 0 Å². The van der Waals surface area contributed by atoms with Crippen LogP contribution < -0.4 is 5.32 Å². The highest BCUT2D eigenvalue weighted by Gasteiger charge is 2.44. The minimum Gasteiger partial charge on any atom is -0.394 e. The summed E-state index contributed by atoms with van der Waals surface area (Å²) in [6.07, 6.45) is 22.7. The molecule has 332 valence electrons. The lowest BCUT2D eigenvalue weighted by Crippen LogP contribution is -2.60. The van der Waals surface area contributed by atoms with Crippen molar-refractivity contribution in [2.24, 2.45) is 5.92 Å². The van der Waals surface area contributed by atoms with E-state index in [1.807, 2.05) is 0 Å². The van der Waals surface area contributed by atoms with Crippen LogP contribution in [0.25, 0.3) is 0 Å². The first kappa shape index (κ1) is 52.9. The lowest BCUT2D eigenvalue weighted by Gasteiger charge is -2.40. The molecule has 11 nitrogen and oxygen atoms in total. The summed E-state index contributed by atoms with van der Waals surface area (Å²) >= 11 is 0. The third-order valence-electron chi connectivity index (χ3n) is 11.6. The first-order valence-electron chi connectivity index (χ1n) is 23.0. The van der Waals surface area contributed by atoms with Gasteiger partial charge in [-0.25, -0.2) is 0 Å². The number of carbonyl (C=O) groups is 1. The Labute approximate surface area is 341 Å². The van der Waals surface area contributed by atoms with Gasteiger partial charge in [-0.2, -0.15) is 0 Å². The lowest BCUT2D eigenvalue weighted by atomic mass is 9.98. The van der Waals surface area contributed by atoms with E-state index >= 15 is 0 Å². The summed E-state index contributed by atoms with van der Waals surface area (Å²) in [4.78, 5) is 13.1. The number of carbonyl (C=O) groups excluding carboxylic acids is 1. The van der Waals surface area contributed by atoms with Crippen LogP contribution in [0.2, 0.25) is 0 Å². The van der Waals surface area contributed by atoms with Gasteiger partial charge in [-0.1, -0.05) is 168 Å². The van der Waals surface area contributed by atoms with E-state index in [9.17, 15) is 40.5 Å². The molecule has 0 aliphatic carbocycles. The van der Waals surface area contributed by atoms with Crippen LogP contribution in [0.3, 0.4) is 0 Å². The van der Waals surface area contributed by atoms with Crippen LogP contribution in [-0.2, 0) is 14.3 Å². The summed E-state index contributed by atoms with van der Waals surface area (Å²) in [6.45, 7) is 5.71. The van der Waals surface area contributed by atoms with E-state index in [0.717, 1.165) is 44.4 Å². The van der Waals surface area contributed by atoms with E-state index in [2.05, 4.69) is 38.2 Å². The SMILES string of the molecule is CCCCCC/C=C\CCCCCCCCCCCC[C@@H](O)C(=O)N[C@@H](CO[C@@H]1O[C@H](CO)[C@@H](O)[C@H](O)[C@H]1O)[C@H](O)[C@H](O)CCCCCCCCCC(C)CC. The highest BCUT2D eigenvalue weighted by molar-refractivity contribution is 5.80. The van der Waals surface area contributed by atoms with Gasteiger partial charge in [0.1, 0.15) is 36.6 Å². The Hall–Kier alpha value is -1.15. The molecule has 0 bridgehead atoms. The van der Waals surface area contributed by atoms with Crippen LogP contribution in [0.1, 0.15) is 194 Å². The van der Waals surface area contributed by atoms with Crippen molar-refractivity contribution < 1.29 is 50.0 Å². The van der Waals surface area contributed by atoms with Crippen LogP contribution in [0.15, 0.2) is 12.2 Å². The number of hydrogen-bond donors (Lipinski definition) is 8. The minimum atomic E-state index is -1.66. The maximum atomic E-state index is 13.1. The van der Waals surface area contributed by atoms with Crippen molar-refractivity contribution in [1.82, 2.24) is 5.32 Å². The molecule has 1 rings (SSSR count). The molecule has 0 spiro atoms. The molecule has 8 N–H and O–H groups in total. The van der Waals surface area contributed by atoms with Gasteiger partial charge in [-0.3, -0.25) is 4.79 Å². The Balaban J connectivity index is 2.44. The van der Waals surface area contributed by atoms with Crippen molar-refractivity contribution in [3.05, 3.63) is 12.2 Å². The summed E-state index contributed by atoms with van der Waals surface area (Å²) in [6, 6.07) is -1.16. The lowest BCUT2D eigenvalue weighted by molar-refractivity contribution is -0.303. The predicted octanol–water partition coefficient (Wildman–Crippen LogP) is 7.14. The fourth-order valence-electron chi connectivity index (χ4n) is 7.35. The van der Waals surface area contributed by atoms with Gasteiger partial charge in [0.05, 0.1) is 25.4 Å². The molecule has 11 heteroatoms. The number of aliphatic hydroxyl groups is 7. The monoisotopic (exact) mass is 802 g/mol. The van der Waals surface area contributed by atoms with Gasteiger partial charge in [-0.05, 0) is 44.4 Å². The zero-order valence-corrected chi connectivity index (χ0v) is 35.8. The van der Waals surface area contributed by atoms with E-state index in [0.29, 0.717) is 19.3 Å². The molecular weight excluding hydrogens is 714 g/mol. The summed E-state index contributed by atoms with van der Waals surface area (Å²) in [5.41, 5.74) is 0. The van der Waals surface area contributed by atoms with Crippen LogP contribution in [0.5, 0.6) is 0 Å². The highest BCUT2D eigenvalue weighted by Crippen LogP contribution is 2.23. The van der Waals surface area contributed by atoms with E-state index in [4.69, 9.17) is 9.47 Å². The van der Waals surface area contributed by atoms with E-state index in [1.54, 1.807) is 0 Å². The van der Waals surface area contributed by atoms with Crippen molar-refractivity contribution in [2.75, 3.05) is 13.2 Å². The van der Waals surface area contributed by atoms with Gasteiger partial charge in [0, 0.05) is 0 Å². The van der Waals surface area contributed by atoms with Crippen molar-refractivity contribution >= 4 is 5.91 Å². The highest BCUT2D eigenvalue weighted by atomic mass is 16.7. The third-order valence-corrected chi connectivity index (χ3v) is 11.6. The number of aliphatic hydroxyl groups excluding tert-OH is 7. The van der Waals surface area contributed by atoms with Crippen molar-refractivity contribution in [2.45, 2.75) is 249 Å². The van der Waals surface area contributed by atoms with E-state index in [-0.39, 0.29) is 6.42 Å². The number of ether oxygens (including phenoxy) is 2. The predicted molar refractivity (Wildman–Crippen MR) is 224 cm³/mol. The Kier molecular flexibility index (Phi) is 32.7.